The van der Waals surface area contributed by atoms with Gasteiger partial charge in [-0.05, 0) is 44.2 Å². The fraction of sp³-hybridized carbons (Fsp3) is 0.450. The van der Waals surface area contributed by atoms with Crippen LogP contribution in [0, 0.1) is 24.2 Å². The highest BCUT2D eigenvalue weighted by Gasteiger charge is 2.30. The van der Waals surface area contributed by atoms with Crippen LogP contribution in [0.25, 0.3) is 11.0 Å². The van der Waals surface area contributed by atoms with Gasteiger partial charge in [-0.25, -0.2) is 4.98 Å². The highest BCUT2D eigenvalue weighted by molar-refractivity contribution is 6.13. The van der Waals surface area contributed by atoms with Crippen LogP contribution in [0.3, 0.4) is 0 Å². The van der Waals surface area contributed by atoms with Gasteiger partial charge in [0, 0.05) is 18.0 Å². The molecule has 1 saturated carbocycles. The molecule has 0 aromatic carbocycles. The normalized spacial score (nSPS) is 20.2. The van der Waals surface area contributed by atoms with E-state index in [-0.39, 0.29) is 0 Å². The van der Waals surface area contributed by atoms with Crippen molar-refractivity contribution in [2.45, 2.75) is 39.2 Å². The van der Waals surface area contributed by atoms with Crippen LogP contribution in [0.1, 0.15) is 49.2 Å². The van der Waals surface area contributed by atoms with Gasteiger partial charge in [0.2, 0.25) is 0 Å². The first-order valence-electron chi connectivity index (χ1n) is 8.86. The number of ether oxygens (including phenoxy) is 1. The van der Waals surface area contributed by atoms with Crippen molar-refractivity contribution in [2.24, 2.45) is 10.9 Å². The van der Waals surface area contributed by atoms with Crippen LogP contribution in [0.2, 0.25) is 0 Å². The minimum atomic E-state index is 0.398. The average Bonchev–Trinajstić information content (AvgIpc) is 2.86. The van der Waals surface area contributed by atoms with Gasteiger partial charge >= 0.3 is 0 Å². The van der Waals surface area contributed by atoms with Gasteiger partial charge in [-0.3, -0.25) is 4.99 Å². The lowest BCUT2D eigenvalue weighted by molar-refractivity contribution is 0.319. The molecule has 4 rings (SSSR count). The fourth-order valence-corrected chi connectivity index (χ4v) is 3.63. The fourth-order valence-electron chi connectivity index (χ4n) is 3.63. The Hall–Kier alpha value is -2.61. The summed E-state index contributed by atoms with van der Waals surface area (Å²) in [5.41, 5.74) is 4.20. The zero-order valence-corrected chi connectivity index (χ0v) is 14.9. The van der Waals surface area contributed by atoms with Crippen molar-refractivity contribution in [1.82, 2.24) is 9.55 Å². The smallest absolute Gasteiger partial charge is 0.142 e. The number of methoxy groups -OCH3 is 1. The largest absolute Gasteiger partial charge is 0.495 e. The van der Waals surface area contributed by atoms with E-state index >= 15 is 0 Å². The second-order valence-corrected chi connectivity index (χ2v) is 7.00. The second-order valence-electron chi connectivity index (χ2n) is 7.00. The number of dihydropyridines is 1. The molecule has 128 valence electrons. The van der Waals surface area contributed by atoms with Gasteiger partial charge in [0.05, 0.1) is 29.8 Å². The lowest BCUT2D eigenvalue weighted by atomic mass is 9.92. The van der Waals surface area contributed by atoms with E-state index in [1.165, 1.54) is 6.42 Å². The van der Waals surface area contributed by atoms with E-state index in [1.807, 2.05) is 13.0 Å². The first-order chi connectivity index (χ1) is 12.1. The summed E-state index contributed by atoms with van der Waals surface area (Å²) in [4.78, 5) is 9.55. The maximum absolute atomic E-state index is 9.91. The molecule has 1 aliphatic heterocycles. The zero-order chi connectivity index (χ0) is 17.6. The molecule has 1 atom stereocenters. The Morgan fingerprint density at radius 3 is 2.72 bits per heavy atom. The van der Waals surface area contributed by atoms with Crippen molar-refractivity contribution < 1.29 is 4.74 Å². The second kappa shape index (κ2) is 6.03. The molecule has 2 aliphatic rings. The topological polar surface area (TPSA) is 63.2 Å². The first kappa shape index (κ1) is 15.9. The number of hydrogen-bond acceptors (Lipinski definition) is 4. The number of nitrogens with zero attached hydrogens (tertiary/aromatic N) is 4. The Kier molecular flexibility index (Phi) is 3.84. The van der Waals surface area contributed by atoms with E-state index in [2.05, 4.69) is 29.7 Å². The van der Waals surface area contributed by atoms with Crippen LogP contribution < -0.4 is 4.74 Å². The van der Waals surface area contributed by atoms with E-state index < -0.39 is 0 Å². The maximum Gasteiger partial charge on any atom is 0.142 e. The van der Waals surface area contributed by atoms with Gasteiger partial charge in [0.25, 0.3) is 0 Å². The Balaban J connectivity index is 2.03. The first-order valence-corrected chi connectivity index (χ1v) is 8.86. The lowest BCUT2D eigenvalue weighted by Gasteiger charge is -2.30. The molecule has 0 N–H and O–H groups in total. The summed E-state index contributed by atoms with van der Waals surface area (Å²) in [5, 5.41) is 10.8. The zero-order valence-electron chi connectivity index (χ0n) is 14.9. The van der Waals surface area contributed by atoms with Crippen LogP contribution in [-0.2, 0) is 0 Å². The number of hydrogen-bond donors (Lipinski definition) is 0. The number of nitriles is 1. The van der Waals surface area contributed by atoms with Crippen molar-refractivity contribution in [1.29, 1.82) is 5.26 Å². The number of fused-ring (bicyclic) bond motifs is 1. The maximum atomic E-state index is 9.91. The van der Waals surface area contributed by atoms with E-state index in [1.54, 1.807) is 7.11 Å². The van der Waals surface area contributed by atoms with Crippen LogP contribution >= 0.6 is 0 Å². The van der Waals surface area contributed by atoms with Crippen LogP contribution in [0.15, 0.2) is 23.2 Å². The molecule has 1 aliphatic carbocycles. The Morgan fingerprint density at radius 1 is 1.36 bits per heavy atom. The van der Waals surface area contributed by atoms with Crippen molar-refractivity contribution in [3.05, 3.63) is 35.2 Å². The Bertz CT molecular complexity index is 941. The summed E-state index contributed by atoms with van der Waals surface area (Å²) >= 11 is 0. The molecule has 0 radical (unpaired) electrons. The lowest BCUT2D eigenvalue weighted by Crippen LogP contribution is -2.23. The predicted molar refractivity (Wildman–Crippen MR) is 98.3 cm³/mol. The van der Waals surface area contributed by atoms with E-state index in [0.29, 0.717) is 17.5 Å². The summed E-state index contributed by atoms with van der Waals surface area (Å²) in [7, 11) is 1.64. The minimum Gasteiger partial charge on any atom is -0.495 e. The SMILES string of the molecule is COc1cc2c(C#N)c(C3=NCC(C)C=C3)n(C3CCC3)c2nc1C. The molecular weight excluding hydrogens is 312 g/mol. The van der Waals surface area contributed by atoms with Crippen molar-refractivity contribution in [3.8, 4) is 11.8 Å². The predicted octanol–water partition coefficient (Wildman–Crippen LogP) is 3.95. The molecule has 0 spiro atoms. The molecule has 25 heavy (non-hydrogen) atoms. The molecule has 3 heterocycles. The Labute approximate surface area is 147 Å². The van der Waals surface area contributed by atoms with E-state index in [9.17, 15) is 5.26 Å². The molecule has 5 heteroatoms. The van der Waals surface area contributed by atoms with Crippen molar-refractivity contribution in [2.75, 3.05) is 13.7 Å². The van der Waals surface area contributed by atoms with E-state index in [0.717, 1.165) is 53.3 Å². The number of aryl methyl sites for hydroxylation is 1. The summed E-state index contributed by atoms with van der Waals surface area (Å²) in [6.07, 6.45) is 7.71. The molecule has 1 fully saturated rings. The van der Waals surface area contributed by atoms with Crippen molar-refractivity contribution >= 4 is 16.7 Å². The minimum absolute atomic E-state index is 0.398. The molecule has 1 unspecified atom stereocenters. The van der Waals surface area contributed by atoms with Gasteiger partial charge in [0.15, 0.2) is 0 Å². The summed E-state index contributed by atoms with van der Waals surface area (Å²) < 4.78 is 7.69. The monoisotopic (exact) mass is 334 g/mol. The third-order valence-electron chi connectivity index (χ3n) is 5.27. The number of aliphatic imine (C=N–C) groups is 1. The number of pyridine rings is 1. The quantitative estimate of drug-likeness (QED) is 0.854. The molecule has 2 aromatic heterocycles. The number of rotatable bonds is 3. The van der Waals surface area contributed by atoms with Gasteiger partial charge in [-0.15, -0.1) is 0 Å². The number of aromatic nitrogens is 2. The molecule has 0 bridgehead atoms. The van der Waals surface area contributed by atoms with Crippen molar-refractivity contribution in [3.63, 3.8) is 0 Å². The Morgan fingerprint density at radius 2 is 2.16 bits per heavy atom. The van der Waals surface area contributed by atoms with Gasteiger partial charge in [-0.2, -0.15) is 5.26 Å². The summed E-state index contributed by atoms with van der Waals surface area (Å²) in [6.45, 7) is 4.86. The van der Waals surface area contributed by atoms with Gasteiger partial charge in [-0.1, -0.05) is 13.0 Å². The summed E-state index contributed by atoms with van der Waals surface area (Å²) in [5.74, 6) is 1.16. The molecule has 5 nitrogen and oxygen atoms in total. The molecule has 0 saturated heterocycles. The highest BCUT2D eigenvalue weighted by atomic mass is 16.5. The summed E-state index contributed by atoms with van der Waals surface area (Å²) in [6, 6.07) is 4.76. The van der Waals surface area contributed by atoms with Gasteiger partial charge in [0.1, 0.15) is 17.5 Å². The highest BCUT2D eigenvalue weighted by Crippen LogP contribution is 2.39. The van der Waals surface area contributed by atoms with Crippen LogP contribution in [0.5, 0.6) is 5.75 Å². The molecule has 2 aromatic rings. The van der Waals surface area contributed by atoms with E-state index in [4.69, 9.17) is 14.7 Å². The van der Waals surface area contributed by atoms with Crippen LogP contribution in [0.4, 0.5) is 0 Å². The van der Waals surface area contributed by atoms with Crippen LogP contribution in [-0.4, -0.2) is 28.9 Å². The molecule has 0 amide bonds. The van der Waals surface area contributed by atoms with Gasteiger partial charge < -0.3 is 9.30 Å². The third kappa shape index (κ3) is 2.44. The standard InChI is InChI=1S/C20H22N4O/c1-12-7-8-17(22-11-12)19-16(10-21)15-9-18(25-3)13(2)23-20(15)24(19)14-5-4-6-14/h7-9,12,14H,4-6,11H2,1-3H3. The third-order valence-corrected chi connectivity index (χ3v) is 5.27. The average molecular weight is 334 g/mol. The molecular formula is C20H22N4O. The number of allylic oxidation sites excluding steroid dienone is 1.